The quantitative estimate of drug-likeness (QED) is 0.376. The number of piperidine rings is 1. The number of likely N-dealkylation sites (tertiary alicyclic amines) is 1. The van der Waals surface area contributed by atoms with E-state index in [9.17, 15) is 14.4 Å². The molecule has 2 aliphatic rings. The Hall–Kier alpha value is -3.11. The first kappa shape index (κ1) is 21.6. The van der Waals surface area contributed by atoms with Gasteiger partial charge >= 0.3 is 12.1 Å². The number of ether oxygens (including phenoxy) is 2. The number of rotatable bonds is 8. The molecular formula is C19H27N5O6. The minimum absolute atomic E-state index is 0.0299. The number of oxime groups is 1. The number of nitrogens with one attached hydrogen (secondary N) is 1. The molecule has 0 saturated carbocycles. The molecule has 1 N–H and O–H groups in total. The van der Waals surface area contributed by atoms with E-state index in [2.05, 4.69) is 15.4 Å². The molecule has 164 valence electrons. The third-order valence-electron chi connectivity index (χ3n) is 5.22. The predicted molar refractivity (Wildman–Crippen MR) is 105 cm³/mol. The zero-order chi connectivity index (χ0) is 21.5. The Morgan fingerprint density at radius 3 is 2.73 bits per heavy atom. The van der Waals surface area contributed by atoms with Gasteiger partial charge < -0.3 is 19.2 Å². The van der Waals surface area contributed by atoms with Crippen molar-refractivity contribution in [3.63, 3.8) is 0 Å². The van der Waals surface area contributed by atoms with E-state index >= 15 is 0 Å². The van der Waals surface area contributed by atoms with E-state index in [1.807, 2.05) is 11.8 Å². The maximum atomic E-state index is 13.1. The molecule has 2 aliphatic heterocycles. The van der Waals surface area contributed by atoms with Crippen LogP contribution >= 0.6 is 0 Å². The summed E-state index contributed by atoms with van der Waals surface area (Å²) in [6, 6.07) is 1.73. The fourth-order valence-electron chi connectivity index (χ4n) is 3.67. The van der Waals surface area contributed by atoms with Crippen LogP contribution in [0.15, 0.2) is 17.4 Å². The van der Waals surface area contributed by atoms with Gasteiger partial charge in [0.2, 0.25) is 6.61 Å². The summed E-state index contributed by atoms with van der Waals surface area (Å²) in [4.78, 5) is 45.1. The summed E-state index contributed by atoms with van der Waals surface area (Å²) in [5.74, 6) is -0.904. The first-order valence-corrected chi connectivity index (χ1v) is 10.1. The third kappa shape index (κ3) is 4.89. The first-order valence-electron chi connectivity index (χ1n) is 10.1. The molecule has 1 aromatic heterocycles. The predicted octanol–water partition coefficient (Wildman–Crippen LogP) is 0.915. The second-order valence-electron chi connectivity index (χ2n) is 7.06. The zero-order valence-corrected chi connectivity index (χ0v) is 17.2. The maximum absolute atomic E-state index is 13.1. The third-order valence-corrected chi connectivity index (χ3v) is 5.22. The Bertz CT molecular complexity index is 772. The van der Waals surface area contributed by atoms with Crippen LogP contribution in [-0.2, 0) is 23.9 Å². The van der Waals surface area contributed by atoms with E-state index in [0.717, 1.165) is 6.42 Å². The number of aromatic nitrogens is 2. The molecule has 1 aromatic rings. The van der Waals surface area contributed by atoms with Crippen LogP contribution < -0.4 is 0 Å². The van der Waals surface area contributed by atoms with Gasteiger partial charge in [-0.15, -0.1) is 0 Å². The van der Waals surface area contributed by atoms with Crippen LogP contribution in [0.25, 0.3) is 0 Å². The van der Waals surface area contributed by atoms with Gasteiger partial charge in [-0.3, -0.25) is 14.8 Å². The number of hydrogen-bond donors (Lipinski definition) is 1. The molecule has 2 amide bonds. The Labute approximate surface area is 174 Å². The number of carbonyl (C=O) groups excluding carboxylic acids is 3. The molecule has 2 saturated heterocycles. The Morgan fingerprint density at radius 1 is 1.33 bits per heavy atom. The van der Waals surface area contributed by atoms with Crippen molar-refractivity contribution >= 4 is 23.7 Å². The van der Waals surface area contributed by atoms with Gasteiger partial charge in [0.05, 0.1) is 18.3 Å². The number of amides is 2. The average molecular weight is 421 g/mol. The maximum Gasteiger partial charge on any atom is 0.410 e. The number of hydrogen-bond acceptors (Lipinski definition) is 8. The minimum Gasteiger partial charge on any atom is -0.463 e. The fourth-order valence-corrected chi connectivity index (χ4v) is 3.67. The monoisotopic (exact) mass is 421 g/mol. The zero-order valence-electron chi connectivity index (χ0n) is 17.2. The summed E-state index contributed by atoms with van der Waals surface area (Å²) in [7, 11) is 0. The summed E-state index contributed by atoms with van der Waals surface area (Å²) >= 11 is 0. The number of cyclic esters (lactones) is 1. The molecule has 0 radical (unpaired) electrons. The second kappa shape index (κ2) is 10.1. The molecule has 30 heavy (non-hydrogen) atoms. The van der Waals surface area contributed by atoms with Crippen molar-refractivity contribution in [2.45, 2.75) is 45.2 Å². The molecule has 0 aromatic carbocycles. The number of aromatic amines is 1. The molecule has 0 aliphatic carbocycles. The summed E-state index contributed by atoms with van der Waals surface area (Å²) in [5.41, 5.74) is 0.419. The highest BCUT2D eigenvalue weighted by molar-refractivity contribution is 6.44. The van der Waals surface area contributed by atoms with E-state index in [4.69, 9.17) is 14.3 Å². The van der Waals surface area contributed by atoms with Crippen LogP contribution in [0.3, 0.4) is 0 Å². The highest BCUT2D eigenvalue weighted by Crippen LogP contribution is 2.25. The Morgan fingerprint density at radius 2 is 2.10 bits per heavy atom. The van der Waals surface area contributed by atoms with E-state index in [0.29, 0.717) is 38.2 Å². The molecule has 2 fully saturated rings. The van der Waals surface area contributed by atoms with Crippen molar-refractivity contribution in [1.29, 1.82) is 0 Å². The van der Waals surface area contributed by atoms with Gasteiger partial charge in [0.25, 0.3) is 5.91 Å². The van der Waals surface area contributed by atoms with Crippen molar-refractivity contribution in [3.8, 4) is 0 Å². The fraction of sp³-hybridized carbons (Fsp3) is 0.632. The summed E-state index contributed by atoms with van der Waals surface area (Å²) < 4.78 is 9.97. The lowest BCUT2D eigenvalue weighted by atomic mass is 10.0. The van der Waals surface area contributed by atoms with Crippen molar-refractivity contribution in [3.05, 3.63) is 18.0 Å². The topological polar surface area (TPSA) is 126 Å². The summed E-state index contributed by atoms with van der Waals surface area (Å²) in [6.45, 7) is 4.91. The molecule has 3 heterocycles. The molecule has 1 unspecified atom stereocenters. The molecule has 11 nitrogen and oxygen atoms in total. The van der Waals surface area contributed by atoms with Crippen molar-refractivity contribution in [2.75, 3.05) is 32.9 Å². The van der Waals surface area contributed by atoms with Crippen LogP contribution in [0, 0.1) is 0 Å². The molecule has 11 heteroatoms. The van der Waals surface area contributed by atoms with E-state index in [-0.39, 0.29) is 36.4 Å². The van der Waals surface area contributed by atoms with Crippen LogP contribution in [0.5, 0.6) is 0 Å². The SMILES string of the molecule is CCOC(=O)CO/N=C(/C(=O)N1CCC(N2C(=O)OCC2CC)CC1)c1ccn[nH]1. The lowest BCUT2D eigenvalue weighted by molar-refractivity contribution is -0.148. The van der Waals surface area contributed by atoms with E-state index in [1.165, 1.54) is 6.20 Å². The van der Waals surface area contributed by atoms with Gasteiger partial charge in [0.15, 0.2) is 5.71 Å². The number of H-pyrrole nitrogens is 1. The summed E-state index contributed by atoms with van der Waals surface area (Å²) in [6.07, 6.45) is 3.35. The average Bonchev–Trinajstić information content (AvgIpc) is 3.41. The van der Waals surface area contributed by atoms with Crippen LogP contribution in [-0.4, -0.2) is 88.7 Å². The van der Waals surface area contributed by atoms with Crippen LogP contribution in [0.1, 0.15) is 38.8 Å². The second-order valence-corrected chi connectivity index (χ2v) is 7.06. The molecular weight excluding hydrogens is 394 g/mol. The van der Waals surface area contributed by atoms with Crippen LogP contribution in [0.2, 0.25) is 0 Å². The minimum atomic E-state index is -0.568. The normalized spacial score (nSPS) is 20.3. The smallest absolute Gasteiger partial charge is 0.410 e. The Kier molecular flexibility index (Phi) is 7.26. The van der Waals surface area contributed by atoms with Crippen molar-refractivity contribution in [1.82, 2.24) is 20.0 Å². The largest absolute Gasteiger partial charge is 0.463 e. The standard InChI is InChI=1S/C19H27N5O6/c1-3-13-11-29-19(27)24(13)14-6-9-23(10-7-14)18(26)17(15-5-8-20-21-15)22-30-12-16(25)28-4-2/h5,8,13-14H,3-4,6-7,9-12H2,1-2H3,(H,20,21)/b22-17+. The van der Waals surface area contributed by atoms with Gasteiger partial charge in [-0.1, -0.05) is 12.1 Å². The lowest BCUT2D eigenvalue weighted by Gasteiger charge is -2.37. The lowest BCUT2D eigenvalue weighted by Crippen LogP contribution is -2.50. The molecule has 3 rings (SSSR count). The van der Waals surface area contributed by atoms with Crippen molar-refractivity contribution < 1.29 is 28.7 Å². The summed E-state index contributed by atoms with van der Waals surface area (Å²) in [5, 5.41) is 10.4. The van der Waals surface area contributed by atoms with E-state index < -0.39 is 12.6 Å². The molecule has 0 bridgehead atoms. The molecule has 1 atom stereocenters. The van der Waals surface area contributed by atoms with Gasteiger partial charge in [-0.2, -0.15) is 5.10 Å². The highest BCUT2D eigenvalue weighted by Gasteiger charge is 2.39. The van der Waals surface area contributed by atoms with Gasteiger partial charge in [0, 0.05) is 25.3 Å². The molecule has 0 spiro atoms. The van der Waals surface area contributed by atoms with E-state index in [1.54, 1.807) is 17.9 Å². The van der Waals surface area contributed by atoms with Gasteiger partial charge in [-0.25, -0.2) is 9.59 Å². The van der Waals surface area contributed by atoms with Gasteiger partial charge in [-0.05, 0) is 32.3 Å². The number of carbonyl (C=O) groups is 3. The van der Waals surface area contributed by atoms with Crippen LogP contribution in [0.4, 0.5) is 4.79 Å². The Balaban J connectivity index is 1.63. The number of nitrogens with zero attached hydrogens (tertiary/aromatic N) is 4. The van der Waals surface area contributed by atoms with Crippen molar-refractivity contribution in [2.24, 2.45) is 5.16 Å². The van der Waals surface area contributed by atoms with Gasteiger partial charge in [0.1, 0.15) is 6.61 Å². The first-order chi connectivity index (χ1) is 14.5. The highest BCUT2D eigenvalue weighted by atomic mass is 16.7. The number of esters is 1.